The molecule has 0 saturated carbocycles. The molecule has 1 unspecified atom stereocenters. The lowest BCUT2D eigenvalue weighted by atomic mass is 9.87. The van der Waals surface area contributed by atoms with E-state index in [9.17, 15) is 5.11 Å². The third-order valence-electron chi connectivity index (χ3n) is 3.39. The molecular formula is C13H20N2O. The van der Waals surface area contributed by atoms with Crippen molar-refractivity contribution < 1.29 is 5.11 Å². The van der Waals surface area contributed by atoms with E-state index < -0.39 is 6.10 Å². The minimum Gasteiger partial charge on any atom is -0.398 e. The van der Waals surface area contributed by atoms with Gasteiger partial charge in [0, 0.05) is 11.3 Å². The summed E-state index contributed by atoms with van der Waals surface area (Å²) in [5.74, 6) is 0.338. The second-order valence-electron chi connectivity index (χ2n) is 4.66. The number of aliphatic hydroxyl groups is 1. The fourth-order valence-corrected chi connectivity index (χ4v) is 2.36. The van der Waals surface area contributed by atoms with Crippen molar-refractivity contribution in [3.05, 3.63) is 29.3 Å². The molecule has 1 heterocycles. The lowest BCUT2D eigenvalue weighted by molar-refractivity contribution is 0.0895. The molecule has 0 aromatic heterocycles. The summed E-state index contributed by atoms with van der Waals surface area (Å²) in [4.78, 5) is 0. The predicted octanol–water partition coefficient (Wildman–Crippen LogP) is 1.61. The molecule has 2 rings (SSSR count). The van der Waals surface area contributed by atoms with E-state index in [2.05, 4.69) is 5.32 Å². The number of aryl methyl sites for hydroxylation is 1. The van der Waals surface area contributed by atoms with Gasteiger partial charge in [-0.3, -0.25) is 0 Å². The van der Waals surface area contributed by atoms with Crippen LogP contribution in [0.1, 0.15) is 30.1 Å². The number of nitrogen functional groups attached to an aromatic ring is 1. The number of rotatable bonds is 2. The highest BCUT2D eigenvalue weighted by Crippen LogP contribution is 2.32. The predicted molar refractivity (Wildman–Crippen MR) is 66.1 cm³/mol. The highest BCUT2D eigenvalue weighted by atomic mass is 16.3. The third kappa shape index (κ3) is 2.36. The lowest BCUT2D eigenvalue weighted by Crippen LogP contribution is -2.31. The maximum absolute atomic E-state index is 10.3. The molecule has 1 saturated heterocycles. The Bertz CT molecular complexity index is 359. The van der Waals surface area contributed by atoms with Gasteiger partial charge < -0.3 is 16.2 Å². The summed E-state index contributed by atoms with van der Waals surface area (Å²) in [5.41, 5.74) is 8.67. The van der Waals surface area contributed by atoms with Crippen molar-refractivity contribution in [2.75, 3.05) is 18.8 Å². The van der Waals surface area contributed by atoms with Gasteiger partial charge in [0.25, 0.3) is 0 Å². The van der Waals surface area contributed by atoms with Crippen LogP contribution in [0.15, 0.2) is 18.2 Å². The van der Waals surface area contributed by atoms with Crippen LogP contribution in [0.5, 0.6) is 0 Å². The Balaban J connectivity index is 2.18. The maximum Gasteiger partial charge on any atom is 0.0839 e. The van der Waals surface area contributed by atoms with E-state index in [-0.39, 0.29) is 0 Å². The van der Waals surface area contributed by atoms with Gasteiger partial charge in [-0.05, 0) is 44.8 Å². The molecule has 1 fully saturated rings. The number of anilines is 1. The van der Waals surface area contributed by atoms with Crippen LogP contribution in [-0.4, -0.2) is 18.2 Å². The summed E-state index contributed by atoms with van der Waals surface area (Å²) in [6.07, 6.45) is 1.63. The summed E-state index contributed by atoms with van der Waals surface area (Å²) in [6, 6.07) is 5.87. The zero-order valence-electron chi connectivity index (χ0n) is 9.74. The highest BCUT2D eigenvalue weighted by Gasteiger charge is 2.24. The number of hydrogen-bond donors (Lipinski definition) is 3. The first kappa shape index (κ1) is 11.4. The van der Waals surface area contributed by atoms with Crippen molar-refractivity contribution in [1.29, 1.82) is 0 Å². The molecular weight excluding hydrogens is 200 g/mol. The van der Waals surface area contributed by atoms with Crippen molar-refractivity contribution in [2.45, 2.75) is 25.9 Å². The number of piperidine rings is 1. The molecule has 16 heavy (non-hydrogen) atoms. The molecule has 0 spiro atoms. The van der Waals surface area contributed by atoms with Crippen LogP contribution in [0, 0.1) is 12.8 Å². The van der Waals surface area contributed by atoms with E-state index in [1.807, 2.05) is 25.1 Å². The van der Waals surface area contributed by atoms with Crippen LogP contribution in [0.4, 0.5) is 5.69 Å². The molecule has 4 N–H and O–H groups in total. The molecule has 3 nitrogen and oxygen atoms in total. The van der Waals surface area contributed by atoms with E-state index in [1.54, 1.807) is 0 Å². The summed E-state index contributed by atoms with van der Waals surface area (Å²) in [7, 11) is 0. The van der Waals surface area contributed by atoms with Crippen molar-refractivity contribution in [3.8, 4) is 0 Å². The van der Waals surface area contributed by atoms with E-state index in [0.717, 1.165) is 37.1 Å². The molecule has 1 aromatic rings. The molecule has 0 aliphatic carbocycles. The van der Waals surface area contributed by atoms with Gasteiger partial charge in [-0.1, -0.05) is 17.7 Å². The molecule has 88 valence electrons. The van der Waals surface area contributed by atoms with Gasteiger partial charge >= 0.3 is 0 Å². The average Bonchev–Trinajstić information content (AvgIpc) is 2.32. The Hall–Kier alpha value is -1.06. The average molecular weight is 220 g/mol. The van der Waals surface area contributed by atoms with Gasteiger partial charge in [0.1, 0.15) is 0 Å². The van der Waals surface area contributed by atoms with Gasteiger partial charge in [0.2, 0.25) is 0 Å². The summed E-state index contributed by atoms with van der Waals surface area (Å²) >= 11 is 0. The monoisotopic (exact) mass is 220 g/mol. The highest BCUT2D eigenvalue weighted by molar-refractivity contribution is 5.49. The van der Waals surface area contributed by atoms with E-state index in [0.29, 0.717) is 11.6 Å². The third-order valence-corrected chi connectivity index (χ3v) is 3.39. The first-order valence-corrected chi connectivity index (χ1v) is 5.93. The van der Waals surface area contributed by atoms with Gasteiger partial charge in [-0.25, -0.2) is 0 Å². The summed E-state index contributed by atoms with van der Waals surface area (Å²) in [6.45, 7) is 4.01. The van der Waals surface area contributed by atoms with Crippen LogP contribution in [0.3, 0.4) is 0 Å². The van der Waals surface area contributed by atoms with E-state index in [4.69, 9.17) is 5.73 Å². The Kier molecular flexibility index (Phi) is 3.46. The van der Waals surface area contributed by atoms with Crippen molar-refractivity contribution in [1.82, 2.24) is 5.32 Å². The minimum atomic E-state index is -0.415. The number of nitrogens with two attached hydrogens (primary N) is 1. The van der Waals surface area contributed by atoms with E-state index >= 15 is 0 Å². The topological polar surface area (TPSA) is 58.3 Å². The number of hydrogen-bond acceptors (Lipinski definition) is 3. The van der Waals surface area contributed by atoms with Crippen LogP contribution < -0.4 is 11.1 Å². The molecule has 1 aliphatic heterocycles. The summed E-state index contributed by atoms with van der Waals surface area (Å²) < 4.78 is 0. The van der Waals surface area contributed by atoms with Gasteiger partial charge in [-0.2, -0.15) is 0 Å². The first-order valence-electron chi connectivity index (χ1n) is 5.93. The Morgan fingerprint density at radius 1 is 1.38 bits per heavy atom. The van der Waals surface area contributed by atoms with Crippen molar-refractivity contribution >= 4 is 5.69 Å². The molecule has 1 aromatic carbocycles. The Morgan fingerprint density at radius 3 is 2.75 bits per heavy atom. The zero-order valence-corrected chi connectivity index (χ0v) is 9.74. The molecule has 1 aliphatic rings. The second kappa shape index (κ2) is 4.85. The standard InChI is InChI=1S/C13H20N2O/c1-9-2-3-12(14)11(8-9)13(16)10-4-6-15-7-5-10/h2-3,8,10,13,15-16H,4-7,14H2,1H3. The molecule has 0 bridgehead atoms. The van der Waals surface area contributed by atoms with Crippen LogP contribution in [0.2, 0.25) is 0 Å². The molecule has 3 heteroatoms. The normalized spacial score (nSPS) is 19.6. The van der Waals surface area contributed by atoms with Crippen molar-refractivity contribution in [3.63, 3.8) is 0 Å². The second-order valence-corrected chi connectivity index (χ2v) is 4.66. The van der Waals surface area contributed by atoms with E-state index in [1.165, 1.54) is 0 Å². The van der Waals surface area contributed by atoms with Gasteiger partial charge in [-0.15, -0.1) is 0 Å². The molecule has 0 radical (unpaired) electrons. The molecule has 1 atom stereocenters. The van der Waals surface area contributed by atoms with Gasteiger partial charge in [0.15, 0.2) is 0 Å². The number of nitrogens with one attached hydrogen (secondary N) is 1. The SMILES string of the molecule is Cc1ccc(N)c(C(O)C2CCNCC2)c1. The Morgan fingerprint density at radius 2 is 2.06 bits per heavy atom. The number of benzene rings is 1. The minimum absolute atomic E-state index is 0.338. The molecule has 0 amide bonds. The fourth-order valence-electron chi connectivity index (χ4n) is 2.36. The quantitative estimate of drug-likeness (QED) is 0.664. The lowest BCUT2D eigenvalue weighted by Gasteiger charge is -2.28. The van der Waals surface area contributed by atoms with Crippen LogP contribution in [-0.2, 0) is 0 Å². The number of aliphatic hydroxyl groups excluding tert-OH is 1. The van der Waals surface area contributed by atoms with Crippen molar-refractivity contribution in [2.24, 2.45) is 5.92 Å². The fraction of sp³-hybridized carbons (Fsp3) is 0.538. The van der Waals surface area contributed by atoms with Gasteiger partial charge in [0.05, 0.1) is 6.10 Å². The van der Waals surface area contributed by atoms with Crippen LogP contribution in [0.25, 0.3) is 0 Å². The zero-order chi connectivity index (χ0) is 11.5. The summed E-state index contributed by atoms with van der Waals surface area (Å²) in [5, 5.41) is 13.6. The smallest absolute Gasteiger partial charge is 0.0839 e. The Labute approximate surface area is 96.7 Å². The first-order chi connectivity index (χ1) is 7.68. The maximum atomic E-state index is 10.3. The largest absolute Gasteiger partial charge is 0.398 e. The van der Waals surface area contributed by atoms with Crippen LogP contribution >= 0.6 is 0 Å².